The molecule has 206 valence electrons. The van der Waals surface area contributed by atoms with Crippen LogP contribution in [0.15, 0.2) is 91.1 Å². The summed E-state index contributed by atoms with van der Waals surface area (Å²) in [5.41, 5.74) is 4.02. The lowest BCUT2D eigenvalue weighted by Gasteiger charge is -2.29. The predicted octanol–water partition coefficient (Wildman–Crippen LogP) is 7.17. The van der Waals surface area contributed by atoms with E-state index >= 15 is 4.39 Å². The van der Waals surface area contributed by atoms with Crippen LogP contribution in [0.25, 0.3) is 11.1 Å². The van der Waals surface area contributed by atoms with Gasteiger partial charge in [-0.1, -0.05) is 60.7 Å². The molecule has 0 bridgehead atoms. The highest BCUT2D eigenvalue weighted by Crippen LogP contribution is 2.32. The van der Waals surface area contributed by atoms with Crippen molar-refractivity contribution in [1.82, 2.24) is 10.3 Å². The first-order valence-corrected chi connectivity index (χ1v) is 13.1. The molecule has 1 aromatic heterocycles. The van der Waals surface area contributed by atoms with Crippen LogP contribution in [0.5, 0.6) is 0 Å². The quantitative estimate of drug-likeness (QED) is 0.261. The Morgan fingerprint density at radius 3 is 2.00 bits per heavy atom. The van der Waals surface area contributed by atoms with Crippen molar-refractivity contribution in [3.8, 4) is 11.1 Å². The van der Waals surface area contributed by atoms with Crippen LogP contribution < -0.4 is 10.6 Å². The van der Waals surface area contributed by atoms with E-state index in [0.29, 0.717) is 5.56 Å². The molecule has 0 aliphatic heterocycles. The van der Waals surface area contributed by atoms with Gasteiger partial charge in [0.15, 0.2) is 6.10 Å². The standard InChI is InChI=1S/C33H34FN3O3/c1-21-20-35-22(2)18-27(21)26-17-16-25(19-28(26)34)36-31(38)30(40-32(39)37-33(3,4)5)29(23-12-8-6-9-13-23)24-14-10-7-11-15-24/h6-20,29-30H,1-5H3,(H,36,38)(H,37,39)/t30-/m0/s1. The summed E-state index contributed by atoms with van der Waals surface area (Å²) < 4.78 is 21.1. The van der Waals surface area contributed by atoms with Crippen LogP contribution in [0.3, 0.4) is 0 Å². The van der Waals surface area contributed by atoms with Crippen molar-refractivity contribution in [3.63, 3.8) is 0 Å². The molecule has 0 aliphatic carbocycles. The van der Waals surface area contributed by atoms with E-state index < -0.39 is 35.4 Å². The van der Waals surface area contributed by atoms with Gasteiger partial charge in [-0.15, -0.1) is 0 Å². The highest BCUT2D eigenvalue weighted by Gasteiger charge is 2.35. The van der Waals surface area contributed by atoms with Gasteiger partial charge >= 0.3 is 6.09 Å². The van der Waals surface area contributed by atoms with Crippen molar-refractivity contribution in [2.24, 2.45) is 0 Å². The average molecular weight is 540 g/mol. The lowest BCUT2D eigenvalue weighted by molar-refractivity contribution is -0.125. The fourth-order valence-corrected chi connectivity index (χ4v) is 4.53. The monoisotopic (exact) mass is 539 g/mol. The molecule has 1 atom stereocenters. The van der Waals surface area contributed by atoms with E-state index in [4.69, 9.17) is 4.74 Å². The first-order chi connectivity index (χ1) is 19.0. The van der Waals surface area contributed by atoms with Gasteiger partial charge in [0.05, 0.1) is 5.92 Å². The number of amides is 2. The van der Waals surface area contributed by atoms with Gasteiger partial charge < -0.3 is 15.4 Å². The number of hydrogen-bond donors (Lipinski definition) is 2. The Hall–Kier alpha value is -4.52. The Bertz CT molecular complexity index is 1440. The second-order valence-electron chi connectivity index (χ2n) is 10.8. The third-order valence-corrected chi connectivity index (χ3v) is 6.36. The smallest absolute Gasteiger partial charge is 0.408 e. The molecule has 0 aliphatic rings. The van der Waals surface area contributed by atoms with E-state index in [1.165, 1.54) is 6.07 Å². The molecule has 1 heterocycles. The molecule has 4 rings (SSSR count). The zero-order valence-electron chi connectivity index (χ0n) is 23.4. The molecule has 40 heavy (non-hydrogen) atoms. The van der Waals surface area contributed by atoms with Crippen LogP contribution in [0.2, 0.25) is 0 Å². The summed E-state index contributed by atoms with van der Waals surface area (Å²) in [6.45, 7) is 9.19. The Labute approximate surface area is 234 Å². The maximum absolute atomic E-state index is 15.3. The zero-order valence-corrected chi connectivity index (χ0v) is 23.4. The number of halogens is 1. The van der Waals surface area contributed by atoms with E-state index in [2.05, 4.69) is 15.6 Å². The minimum Gasteiger partial charge on any atom is -0.435 e. The molecule has 0 radical (unpaired) electrons. The third-order valence-electron chi connectivity index (χ3n) is 6.36. The van der Waals surface area contributed by atoms with Gasteiger partial charge in [0.1, 0.15) is 5.82 Å². The summed E-state index contributed by atoms with van der Waals surface area (Å²) in [5, 5.41) is 5.54. The van der Waals surface area contributed by atoms with E-state index in [-0.39, 0.29) is 5.69 Å². The molecule has 2 N–H and O–H groups in total. The number of anilines is 1. The van der Waals surface area contributed by atoms with Gasteiger partial charge in [0.25, 0.3) is 5.91 Å². The van der Waals surface area contributed by atoms with Crippen LogP contribution in [0.4, 0.5) is 14.9 Å². The van der Waals surface area contributed by atoms with E-state index in [0.717, 1.165) is 27.9 Å². The summed E-state index contributed by atoms with van der Waals surface area (Å²) in [6.07, 6.45) is -0.271. The van der Waals surface area contributed by atoms with E-state index in [1.807, 2.05) is 101 Å². The fraction of sp³-hybridized carbons (Fsp3) is 0.242. The summed E-state index contributed by atoms with van der Waals surface area (Å²) >= 11 is 0. The number of nitrogens with zero attached hydrogens (tertiary/aromatic N) is 1. The largest absolute Gasteiger partial charge is 0.435 e. The number of nitrogens with one attached hydrogen (secondary N) is 2. The number of ether oxygens (including phenoxy) is 1. The van der Waals surface area contributed by atoms with Crippen LogP contribution in [-0.2, 0) is 9.53 Å². The molecular formula is C33H34FN3O3. The molecule has 3 aromatic carbocycles. The van der Waals surface area contributed by atoms with Crippen LogP contribution >= 0.6 is 0 Å². The van der Waals surface area contributed by atoms with Crippen molar-refractivity contribution in [3.05, 3.63) is 119 Å². The summed E-state index contributed by atoms with van der Waals surface area (Å²) in [5.74, 6) is -1.68. The number of carbonyl (C=O) groups is 2. The van der Waals surface area contributed by atoms with Crippen LogP contribution in [0, 0.1) is 19.7 Å². The normalized spacial score (nSPS) is 12.1. The van der Waals surface area contributed by atoms with Gasteiger partial charge in [-0.3, -0.25) is 9.78 Å². The second kappa shape index (κ2) is 12.1. The number of benzene rings is 3. The number of aryl methyl sites for hydroxylation is 2. The maximum Gasteiger partial charge on any atom is 0.408 e. The molecule has 6 nitrogen and oxygen atoms in total. The van der Waals surface area contributed by atoms with Gasteiger partial charge in [-0.05, 0) is 81.1 Å². The van der Waals surface area contributed by atoms with Crippen molar-refractivity contribution in [2.75, 3.05) is 5.32 Å². The molecule has 4 aromatic rings. The summed E-state index contributed by atoms with van der Waals surface area (Å²) in [6, 6.07) is 25.1. The second-order valence-corrected chi connectivity index (χ2v) is 10.8. The van der Waals surface area contributed by atoms with Crippen molar-refractivity contribution in [1.29, 1.82) is 0 Å². The molecule has 0 spiro atoms. The molecule has 0 unspecified atom stereocenters. The first-order valence-electron chi connectivity index (χ1n) is 13.1. The summed E-state index contributed by atoms with van der Waals surface area (Å²) in [7, 11) is 0. The molecule has 0 saturated heterocycles. The molecule has 7 heteroatoms. The molecule has 0 fully saturated rings. The predicted molar refractivity (Wildman–Crippen MR) is 156 cm³/mol. The number of alkyl carbamates (subject to hydrolysis) is 1. The van der Waals surface area contributed by atoms with Crippen LogP contribution in [-0.4, -0.2) is 28.6 Å². The number of carbonyl (C=O) groups excluding carboxylic acids is 2. The number of hydrogen-bond acceptors (Lipinski definition) is 4. The van der Waals surface area contributed by atoms with Gasteiger partial charge in [-0.2, -0.15) is 0 Å². The Balaban J connectivity index is 1.70. The number of aromatic nitrogens is 1. The van der Waals surface area contributed by atoms with E-state index in [9.17, 15) is 9.59 Å². The highest BCUT2D eigenvalue weighted by molar-refractivity contribution is 5.96. The minimum absolute atomic E-state index is 0.249. The first kappa shape index (κ1) is 28.5. The van der Waals surface area contributed by atoms with Gasteiger partial charge in [-0.25, -0.2) is 9.18 Å². The van der Waals surface area contributed by atoms with Crippen molar-refractivity contribution < 1.29 is 18.7 Å². The lowest BCUT2D eigenvalue weighted by atomic mass is 9.86. The minimum atomic E-state index is -1.25. The van der Waals surface area contributed by atoms with E-state index in [1.54, 1.807) is 18.3 Å². The van der Waals surface area contributed by atoms with Crippen molar-refractivity contribution in [2.45, 2.75) is 52.2 Å². The topological polar surface area (TPSA) is 80.3 Å². The SMILES string of the molecule is Cc1cc(-c2ccc(NC(=O)[C@@H](OC(=O)NC(C)(C)C)C(c3ccccc3)c3ccccc3)cc2F)c(C)cn1. The highest BCUT2D eigenvalue weighted by atomic mass is 19.1. The third kappa shape index (κ3) is 7.11. The van der Waals surface area contributed by atoms with Gasteiger partial charge in [0.2, 0.25) is 0 Å². The molecule has 2 amide bonds. The Kier molecular flexibility index (Phi) is 8.63. The Morgan fingerprint density at radius 1 is 0.850 bits per heavy atom. The number of pyridine rings is 1. The fourth-order valence-electron chi connectivity index (χ4n) is 4.53. The zero-order chi connectivity index (χ0) is 28.9. The average Bonchev–Trinajstić information content (AvgIpc) is 2.90. The molecular weight excluding hydrogens is 505 g/mol. The Morgan fingerprint density at radius 2 is 1.45 bits per heavy atom. The lowest BCUT2D eigenvalue weighted by Crippen LogP contribution is -2.46. The van der Waals surface area contributed by atoms with Gasteiger partial charge in [0, 0.05) is 28.7 Å². The van der Waals surface area contributed by atoms with Crippen LogP contribution in [0.1, 0.15) is 49.1 Å². The maximum atomic E-state index is 15.3. The summed E-state index contributed by atoms with van der Waals surface area (Å²) in [4.78, 5) is 31.0. The number of rotatable bonds is 7. The van der Waals surface area contributed by atoms with Crippen molar-refractivity contribution >= 4 is 17.7 Å². The molecule has 0 saturated carbocycles.